The first-order valence-corrected chi connectivity index (χ1v) is 9.62. The zero-order valence-electron chi connectivity index (χ0n) is 19.2. The molecule has 3 heterocycles. The highest BCUT2D eigenvalue weighted by molar-refractivity contribution is 6.13. The Morgan fingerprint density at radius 1 is 1.23 bits per heavy atom. The number of aliphatic imine (C=N–C) groups is 1. The molecule has 0 amide bonds. The van der Waals surface area contributed by atoms with Crippen LogP contribution in [0.5, 0.6) is 0 Å². The zero-order chi connectivity index (χ0) is 23.3. The van der Waals surface area contributed by atoms with Gasteiger partial charge in [-0.2, -0.15) is 5.10 Å². The van der Waals surface area contributed by atoms with E-state index in [9.17, 15) is 8.78 Å². The van der Waals surface area contributed by atoms with Gasteiger partial charge in [0, 0.05) is 34.1 Å². The number of nitrogens with one attached hydrogen (secondary N) is 2. The number of morpholine rings is 1. The smallest absolute Gasteiger partial charge is 0.144 e. The molecule has 2 aliphatic heterocycles. The highest BCUT2D eigenvalue weighted by atomic mass is 19.1. The van der Waals surface area contributed by atoms with E-state index < -0.39 is 18.5 Å². The summed E-state index contributed by atoms with van der Waals surface area (Å²) in [6.45, 7) is 1.42. The minimum absolute atomic E-state index is 0.0198. The van der Waals surface area contributed by atoms with Crippen molar-refractivity contribution in [2.24, 2.45) is 4.99 Å². The third kappa shape index (κ3) is 3.13. The molecule has 0 unspecified atom stereocenters. The quantitative estimate of drug-likeness (QED) is 0.655. The van der Waals surface area contributed by atoms with E-state index in [2.05, 4.69) is 25.4 Å². The molecule has 1 fully saturated rings. The van der Waals surface area contributed by atoms with Crippen molar-refractivity contribution in [3.8, 4) is 11.3 Å². The van der Waals surface area contributed by atoms with Crippen LogP contribution in [0.1, 0.15) is 22.3 Å². The number of rotatable bonds is 2. The normalized spacial score (nSPS) is 20.1. The lowest BCUT2D eigenvalue weighted by Crippen LogP contribution is -2.41. The molecule has 30 heavy (non-hydrogen) atoms. The lowest BCUT2D eigenvalue weighted by atomic mass is 10.1. The van der Waals surface area contributed by atoms with Crippen LogP contribution in [0.3, 0.4) is 0 Å². The third-order valence-electron chi connectivity index (χ3n) is 5.30. The summed E-state index contributed by atoms with van der Waals surface area (Å²) >= 11 is 0. The summed E-state index contributed by atoms with van der Waals surface area (Å²) in [6, 6.07) is 9.06. The van der Waals surface area contributed by atoms with Gasteiger partial charge in [-0.05, 0) is 44.1 Å². The maximum atomic E-state index is 14.6. The van der Waals surface area contributed by atoms with Crippen LogP contribution in [0.4, 0.5) is 25.8 Å². The van der Waals surface area contributed by atoms with Gasteiger partial charge in [-0.15, -0.1) is 0 Å². The molecule has 0 saturated carbocycles. The molecule has 0 bridgehead atoms. The summed E-state index contributed by atoms with van der Waals surface area (Å²) in [5.74, 6) is -1.77. The number of nitrogens with zero attached hydrogens (tertiary/aromatic N) is 3. The minimum atomic E-state index is -2.58. The zero-order valence-corrected chi connectivity index (χ0v) is 16.2. The number of aromatic amines is 1. The van der Waals surface area contributed by atoms with E-state index in [-0.39, 0.29) is 28.9 Å². The van der Waals surface area contributed by atoms with Gasteiger partial charge in [0.2, 0.25) is 0 Å². The van der Waals surface area contributed by atoms with E-state index in [0.29, 0.717) is 36.6 Å². The van der Waals surface area contributed by atoms with Crippen LogP contribution in [0, 0.1) is 18.5 Å². The van der Waals surface area contributed by atoms with Gasteiger partial charge >= 0.3 is 0 Å². The van der Waals surface area contributed by atoms with Crippen LogP contribution < -0.4 is 10.2 Å². The van der Waals surface area contributed by atoms with E-state index in [4.69, 9.17) is 8.85 Å². The summed E-state index contributed by atoms with van der Waals surface area (Å²) in [7, 11) is 0. The van der Waals surface area contributed by atoms with Gasteiger partial charge in [-0.3, -0.25) is 5.10 Å². The van der Waals surface area contributed by atoms with E-state index in [1.807, 2.05) is 19.1 Å². The summed E-state index contributed by atoms with van der Waals surface area (Å²) in [5, 5.41) is 9.78. The predicted octanol–water partition coefficient (Wildman–Crippen LogP) is 4.39. The molecule has 2 aromatic carbocycles. The number of hydrogen-bond donors (Lipinski definition) is 2. The van der Waals surface area contributed by atoms with Gasteiger partial charge in [0.25, 0.3) is 0 Å². The number of amidine groups is 1. The summed E-state index contributed by atoms with van der Waals surface area (Å²) < 4.78 is 58.4. The topological polar surface area (TPSA) is 65.5 Å². The van der Waals surface area contributed by atoms with Gasteiger partial charge in [0.05, 0.1) is 29.7 Å². The van der Waals surface area contributed by atoms with Gasteiger partial charge in [-0.1, -0.05) is 6.07 Å². The Morgan fingerprint density at radius 3 is 2.83 bits per heavy atom. The number of aromatic nitrogens is 2. The second kappa shape index (κ2) is 7.21. The number of fused-ring (bicyclic) bond motifs is 3. The van der Waals surface area contributed by atoms with Crippen molar-refractivity contribution in [1.29, 1.82) is 0 Å². The number of benzene rings is 2. The molecule has 2 aliphatic rings. The van der Waals surface area contributed by atoms with Crippen LogP contribution in [-0.4, -0.2) is 41.8 Å². The second-order valence-electron chi connectivity index (χ2n) is 7.34. The SMILES string of the molecule is [2H]C([2H])([2H])c1n[nH]c2c1N=C(c1c(F)cccc1F)Nc1ccc(N3CCO[C@H](C)C3)cc1-2. The maximum absolute atomic E-state index is 14.6. The average molecular weight is 412 g/mol. The van der Waals surface area contributed by atoms with Crippen LogP contribution in [-0.2, 0) is 4.74 Å². The van der Waals surface area contributed by atoms with Gasteiger partial charge in [0.15, 0.2) is 0 Å². The van der Waals surface area contributed by atoms with Crippen molar-refractivity contribution in [3.63, 3.8) is 0 Å². The second-order valence-corrected chi connectivity index (χ2v) is 7.34. The molecule has 0 radical (unpaired) electrons. The van der Waals surface area contributed by atoms with Gasteiger partial charge in [-0.25, -0.2) is 13.8 Å². The molecular formula is C22H21F2N5O. The van der Waals surface area contributed by atoms with Crippen LogP contribution in [0.15, 0.2) is 41.4 Å². The molecule has 1 aromatic heterocycles. The molecule has 6 nitrogen and oxygen atoms in total. The Hall–Kier alpha value is -3.26. The molecule has 8 heteroatoms. The van der Waals surface area contributed by atoms with Crippen molar-refractivity contribution in [2.75, 3.05) is 29.9 Å². The van der Waals surface area contributed by atoms with Crippen molar-refractivity contribution in [3.05, 3.63) is 59.3 Å². The average Bonchev–Trinajstić information content (AvgIpc) is 3.11. The van der Waals surface area contributed by atoms with E-state index in [1.165, 1.54) is 6.07 Å². The molecule has 1 atom stereocenters. The lowest BCUT2D eigenvalue weighted by Gasteiger charge is -2.33. The largest absolute Gasteiger partial charge is 0.375 e. The minimum Gasteiger partial charge on any atom is -0.375 e. The predicted molar refractivity (Wildman–Crippen MR) is 113 cm³/mol. The fourth-order valence-electron chi connectivity index (χ4n) is 3.84. The Balaban J connectivity index is 1.69. The molecule has 3 aromatic rings. The Morgan fingerprint density at radius 2 is 2.07 bits per heavy atom. The first-order valence-electron chi connectivity index (χ1n) is 11.1. The van der Waals surface area contributed by atoms with E-state index in [0.717, 1.165) is 17.8 Å². The molecule has 0 spiro atoms. The van der Waals surface area contributed by atoms with Crippen molar-refractivity contribution in [1.82, 2.24) is 10.2 Å². The maximum Gasteiger partial charge on any atom is 0.144 e. The first-order chi connectivity index (χ1) is 15.7. The molecule has 1 saturated heterocycles. The summed E-state index contributed by atoms with van der Waals surface area (Å²) in [5.41, 5.74) is 1.75. The summed E-state index contributed by atoms with van der Waals surface area (Å²) in [4.78, 5) is 6.53. The van der Waals surface area contributed by atoms with Gasteiger partial charge in [0.1, 0.15) is 23.2 Å². The third-order valence-corrected chi connectivity index (χ3v) is 5.30. The fourth-order valence-corrected chi connectivity index (χ4v) is 3.84. The monoisotopic (exact) mass is 412 g/mol. The molecule has 154 valence electrons. The van der Waals surface area contributed by atoms with Gasteiger partial charge < -0.3 is 15.0 Å². The number of halogens is 2. The van der Waals surface area contributed by atoms with E-state index >= 15 is 0 Å². The van der Waals surface area contributed by atoms with Crippen LogP contribution in [0.25, 0.3) is 11.3 Å². The summed E-state index contributed by atoms with van der Waals surface area (Å²) in [6.07, 6.45) is 0.0690. The highest BCUT2D eigenvalue weighted by Gasteiger charge is 2.25. The van der Waals surface area contributed by atoms with Crippen molar-refractivity contribution < 1.29 is 17.6 Å². The number of aryl methyl sites for hydroxylation is 1. The standard InChI is InChI=1S/C22H21F2N5O/c1-12-11-29(8-9-30-12)14-6-7-18-15(10-14)21-20(13(2)27-28-21)26-22(25-18)19-16(23)4-3-5-17(19)24/h3-7,10,12H,8-9,11H2,1-2H3,(H,25,26)(H,27,28)/t12-/m1/s1/i2D3. The lowest BCUT2D eigenvalue weighted by molar-refractivity contribution is 0.0532. The number of anilines is 2. The Kier molecular flexibility index (Phi) is 3.74. The van der Waals surface area contributed by atoms with Crippen LogP contribution in [0.2, 0.25) is 0 Å². The molecular weight excluding hydrogens is 388 g/mol. The van der Waals surface area contributed by atoms with E-state index in [1.54, 1.807) is 6.07 Å². The fraction of sp³-hybridized carbons (Fsp3) is 0.273. The van der Waals surface area contributed by atoms with Crippen molar-refractivity contribution in [2.45, 2.75) is 19.9 Å². The Labute approximate surface area is 176 Å². The number of ether oxygens (including phenoxy) is 1. The number of hydrogen-bond acceptors (Lipinski definition) is 5. The molecule has 5 rings (SSSR count). The molecule has 2 N–H and O–H groups in total. The van der Waals surface area contributed by atoms with Crippen molar-refractivity contribution >= 4 is 22.9 Å². The molecule has 0 aliphatic carbocycles. The highest BCUT2D eigenvalue weighted by Crippen LogP contribution is 2.41. The number of H-pyrrole nitrogens is 1. The Bertz CT molecular complexity index is 1240. The first kappa shape index (κ1) is 15.6. The van der Waals surface area contributed by atoms with Crippen LogP contribution >= 0.6 is 0 Å².